The maximum atomic E-state index is 3.64. The molecule has 0 atom stereocenters. The first-order chi connectivity index (χ1) is 17.8. The molecule has 170 valence electrons. The van der Waals surface area contributed by atoms with Gasteiger partial charge in [0.25, 0.3) is 0 Å². The summed E-state index contributed by atoms with van der Waals surface area (Å²) in [6.07, 6.45) is 0. The van der Waals surface area contributed by atoms with E-state index >= 15 is 0 Å². The Bertz CT molecular complexity index is 1840. The van der Waals surface area contributed by atoms with Crippen LogP contribution in [0, 0.1) is 0 Å². The van der Waals surface area contributed by atoms with Gasteiger partial charge in [0.05, 0.1) is 10.4 Å². The topological polar surface area (TPSA) is 12.0 Å². The van der Waals surface area contributed by atoms with E-state index in [2.05, 4.69) is 139 Å². The molecule has 0 bridgehead atoms. The molecule has 0 unspecified atom stereocenters. The van der Waals surface area contributed by atoms with Crippen molar-refractivity contribution in [3.8, 4) is 22.3 Å². The normalized spacial score (nSPS) is 11.3. The van der Waals surface area contributed by atoms with E-state index < -0.39 is 0 Å². The van der Waals surface area contributed by atoms with Crippen molar-refractivity contribution in [2.75, 3.05) is 5.32 Å². The number of hydrogen-bond donors (Lipinski definition) is 1. The lowest BCUT2D eigenvalue weighted by molar-refractivity contribution is 1.56. The van der Waals surface area contributed by atoms with E-state index in [9.17, 15) is 0 Å². The molecule has 0 saturated carbocycles. The lowest BCUT2D eigenvalue weighted by Gasteiger charge is -2.10. The van der Waals surface area contributed by atoms with Gasteiger partial charge in [-0.05, 0) is 63.4 Å². The Morgan fingerprint density at radius 3 is 1.86 bits per heavy atom. The summed E-state index contributed by atoms with van der Waals surface area (Å²) in [6.45, 7) is 0. The van der Waals surface area contributed by atoms with Crippen LogP contribution in [-0.4, -0.2) is 0 Å². The zero-order valence-corrected chi connectivity index (χ0v) is 20.4. The highest BCUT2D eigenvalue weighted by Crippen LogP contribution is 2.39. The van der Waals surface area contributed by atoms with Gasteiger partial charge in [-0.25, -0.2) is 0 Å². The van der Waals surface area contributed by atoms with Gasteiger partial charge in [-0.1, -0.05) is 103 Å². The van der Waals surface area contributed by atoms with Crippen LogP contribution in [0.2, 0.25) is 0 Å². The van der Waals surface area contributed by atoms with Gasteiger partial charge < -0.3 is 5.32 Å². The number of fused-ring (bicyclic) bond motifs is 4. The molecule has 1 nitrogen and oxygen atoms in total. The fourth-order valence-corrected chi connectivity index (χ4v) is 6.14. The zero-order chi connectivity index (χ0) is 23.9. The van der Waals surface area contributed by atoms with Gasteiger partial charge in [0, 0.05) is 21.2 Å². The van der Waals surface area contributed by atoms with Crippen LogP contribution in [0.3, 0.4) is 0 Å². The van der Waals surface area contributed by atoms with E-state index in [4.69, 9.17) is 0 Å². The minimum absolute atomic E-state index is 1.09. The average Bonchev–Trinajstić information content (AvgIpc) is 3.33. The van der Waals surface area contributed by atoms with Crippen molar-refractivity contribution in [1.82, 2.24) is 0 Å². The van der Waals surface area contributed by atoms with Crippen molar-refractivity contribution in [3.05, 3.63) is 133 Å². The molecule has 0 spiro atoms. The van der Waals surface area contributed by atoms with Crippen molar-refractivity contribution in [2.24, 2.45) is 0 Å². The molecule has 1 N–H and O–H groups in total. The standard InChI is InChI=1S/C34H23NS/c1-2-7-27-22-28(17-16-23(27)6-1)26-14-12-24(13-15-26)25-18-20-29(21-19-25)35-32-10-5-9-31-30-8-3-4-11-33(30)36-34(31)32/h1-22,35H. The summed E-state index contributed by atoms with van der Waals surface area (Å²) in [7, 11) is 0. The molecule has 0 radical (unpaired) electrons. The summed E-state index contributed by atoms with van der Waals surface area (Å²) in [6, 6.07) is 47.9. The Balaban J connectivity index is 1.14. The zero-order valence-electron chi connectivity index (χ0n) is 19.6. The lowest BCUT2D eigenvalue weighted by atomic mass is 9.98. The van der Waals surface area contributed by atoms with Gasteiger partial charge in [-0.3, -0.25) is 0 Å². The number of rotatable bonds is 4. The third-order valence-electron chi connectivity index (χ3n) is 6.87. The monoisotopic (exact) mass is 477 g/mol. The SMILES string of the molecule is c1ccc2cc(-c3ccc(-c4ccc(Nc5cccc6c5sc5ccccc56)cc4)cc3)ccc2c1. The first-order valence-electron chi connectivity index (χ1n) is 12.2. The summed E-state index contributed by atoms with van der Waals surface area (Å²) in [4.78, 5) is 0. The van der Waals surface area contributed by atoms with Gasteiger partial charge in [-0.2, -0.15) is 0 Å². The number of nitrogens with one attached hydrogen (secondary N) is 1. The van der Waals surface area contributed by atoms with Crippen molar-refractivity contribution in [2.45, 2.75) is 0 Å². The highest BCUT2D eigenvalue weighted by Gasteiger charge is 2.09. The van der Waals surface area contributed by atoms with Crippen LogP contribution in [0.4, 0.5) is 11.4 Å². The molecule has 0 aliphatic carbocycles. The van der Waals surface area contributed by atoms with Crippen molar-refractivity contribution in [1.29, 1.82) is 0 Å². The maximum Gasteiger partial charge on any atom is 0.0590 e. The average molecular weight is 478 g/mol. The van der Waals surface area contributed by atoms with E-state index in [1.54, 1.807) is 0 Å². The molecule has 2 heteroatoms. The minimum Gasteiger partial charge on any atom is -0.354 e. The second-order valence-electron chi connectivity index (χ2n) is 9.12. The highest BCUT2D eigenvalue weighted by molar-refractivity contribution is 7.26. The van der Waals surface area contributed by atoms with Gasteiger partial charge in [0.1, 0.15) is 0 Å². The predicted molar refractivity (Wildman–Crippen MR) is 157 cm³/mol. The third-order valence-corrected chi connectivity index (χ3v) is 8.09. The van der Waals surface area contributed by atoms with Crippen LogP contribution in [0.5, 0.6) is 0 Å². The first-order valence-corrected chi connectivity index (χ1v) is 13.0. The molecular weight excluding hydrogens is 454 g/mol. The second-order valence-corrected chi connectivity index (χ2v) is 10.2. The van der Waals surface area contributed by atoms with Crippen LogP contribution in [0.1, 0.15) is 0 Å². The number of benzene rings is 6. The van der Waals surface area contributed by atoms with E-state index in [1.165, 1.54) is 53.2 Å². The van der Waals surface area contributed by atoms with Gasteiger partial charge in [0.2, 0.25) is 0 Å². The van der Waals surface area contributed by atoms with Gasteiger partial charge in [0.15, 0.2) is 0 Å². The van der Waals surface area contributed by atoms with Crippen molar-refractivity contribution < 1.29 is 0 Å². The Morgan fingerprint density at radius 2 is 1.06 bits per heavy atom. The summed E-state index contributed by atoms with van der Waals surface area (Å²) < 4.78 is 2.62. The number of hydrogen-bond acceptors (Lipinski definition) is 2. The molecule has 0 fully saturated rings. The third kappa shape index (κ3) is 3.73. The summed E-state index contributed by atoms with van der Waals surface area (Å²) in [5, 5.41) is 8.82. The van der Waals surface area contributed by atoms with Crippen LogP contribution in [-0.2, 0) is 0 Å². The second kappa shape index (κ2) is 8.67. The van der Waals surface area contributed by atoms with E-state index in [-0.39, 0.29) is 0 Å². The summed E-state index contributed by atoms with van der Waals surface area (Å²) in [5.41, 5.74) is 7.16. The smallest absolute Gasteiger partial charge is 0.0590 e. The Hall–Kier alpha value is -4.40. The fourth-order valence-electron chi connectivity index (χ4n) is 4.97. The summed E-state index contributed by atoms with van der Waals surface area (Å²) in [5.74, 6) is 0. The molecule has 1 aromatic heterocycles. The van der Waals surface area contributed by atoms with Gasteiger partial charge in [-0.15, -0.1) is 11.3 Å². The van der Waals surface area contributed by atoms with Crippen LogP contribution < -0.4 is 5.32 Å². The van der Waals surface area contributed by atoms with Gasteiger partial charge >= 0.3 is 0 Å². The maximum absolute atomic E-state index is 3.64. The molecular formula is C34H23NS. The molecule has 0 aliphatic rings. The summed E-state index contributed by atoms with van der Waals surface area (Å²) >= 11 is 1.84. The molecule has 0 saturated heterocycles. The van der Waals surface area contributed by atoms with Crippen molar-refractivity contribution >= 4 is 53.7 Å². The fraction of sp³-hybridized carbons (Fsp3) is 0. The molecule has 0 amide bonds. The molecule has 36 heavy (non-hydrogen) atoms. The lowest BCUT2D eigenvalue weighted by Crippen LogP contribution is -1.90. The highest BCUT2D eigenvalue weighted by atomic mass is 32.1. The molecule has 0 aliphatic heterocycles. The van der Waals surface area contributed by atoms with E-state index in [0.29, 0.717) is 0 Å². The van der Waals surface area contributed by atoms with Crippen molar-refractivity contribution in [3.63, 3.8) is 0 Å². The molecule has 7 aromatic rings. The predicted octanol–water partition coefficient (Wildman–Crippen LogP) is 10.3. The van der Waals surface area contributed by atoms with Crippen LogP contribution >= 0.6 is 11.3 Å². The molecule has 1 heterocycles. The Labute approximate surface area is 214 Å². The Kier molecular flexibility index (Phi) is 5.04. The van der Waals surface area contributed by atoms with E-state index in [1.807, 2.05) is 11.3 Å². The number of thiophene rings is 1. The quantitative estimate of drug-likeness (QED) is 0.266. The minimum atomic E-state index is 1.09. The first kappa shape index (κ1) is 20.9. The van der Waals surface area contributed by atoms with Crippen LogP contribution in [0.25, 0.3) is 53.2 Å². The molecule has 6 aromatic carbocycles. The number of anilines is 2. The Morgan fingerprint density at radius 1 is 0.444 bits per heavy atom. The molecule has 7 rings (SSSR count). The van der Waals surface area contributed by atoms with E-state index in [0.717, 1.165) is 11.4 Å². The largest absolute Gasteiger partial charge is 0.354 e. The van der Waals surface area contributed by atoms with Crippen LogP contribution in [0.15, 0.2) is 133 Å².